The number of nitrogens with one attached hydrogen (secondary N) is 2. The molecule has 126 valence electrons. The maximum atomic E-state index is 13.0. The highest BCUT2D eigenvalue weighted by atomic mass is 16.3. The molecule has 3 rings (SSSR count). The van der Waals surface area contributed by atoms with Crippen LogP contribution in [0.3, 0.4) is 0 Å². The molecule has 1 unspecified atom stereocenters. The number of aromatic nitrogens is 1. The summed E-state index contributed by atoms with van der Waals surface area (Å²) in [5.74, 6) is -0.594. The van der Waals surface area contributed by atoms with Crippen molar-refractivity contribution < 1.29 is 14.7 Å². The topological polar surface area (TPSA) is 102 Å². The Morgan fingerprint density at radius 2 is 2.17 bits per heavy atom. The van der Waals surface area contributed by atoms with Gasteiger partial charge in [-0.3, -0.25) is 14.4 Å². The molecule has 0 saturated carbocycles. The summed E-state index contributed by atoms with van der Waals surface area (Å²) >= 11 is 0. The van der Waals surface area contributed by atoms with Crippen molar-refractivity contribution in [2.75, 3.05) is 19.7 Å². The van der Waals surface area contributed by atoms with Crippen molar-refractivity contribution in [2.24, 2.45) is 0 Å². The lowest BCUT2D eigenvalue weighted by atomic mass is 10.0. The smallest absolute Gasteiger partial charge is 0.256 e. The van der Waals surface area contributed by atoms with Crippen molar-refractivity contribution in [3.05, 3.63) is 45.7 Å². The molecule has 0 aliphatic carbocycles. The highest BCUT2D eigenvalue weighted by Crippen LogP contribution is 2.19. The molecule has 7 heteroatoms. The summed E-state index contributed by atoms with van der Waals surface area (Å²) in [6.45, 7) is 2.30. The Morgan fingerprint density at radius 1 is 1.38 bits per heavy atom. The number of piperazine rings is 1. The van der Waals surface area contributed by atoms with Gasteiger partial charge in [0.15, 0.2) is 5.43 Å². The molecule has 0 bridgehead atoms. The van der Waals surface area contributed by atoms with Crippen molar-refractivity contribution in [3.8, 4) is 0 Å². The third-order valence-corrected chi connectivity index (χ3v) is 4.22. The number of benzene rings is 1. The summed E-state index contributed by atoms with van der Waals surface area (Å²) in [6, 6.07) is 5.74. The van der Waals surface area contributed by atoms with Crippen LogP contribution in [-0.2, 0) is 4.79 Å². The molecule has 1 aliphatic rings. The van der Waals surface area contributed by atoms with Gasteiger partial charge in [0.05, 0.1) is 11.1 Å². The molecule has 0 radical (unpaired) electrons. The number of carbonyl (C=O) groups is 2. The third-order valence-electron chi connectivity index (χ3n) is 4.22. The number of hydrogen-bond acceptors (Lipinski definition) is 4. The lowest BCUT2D eigenvalue weighted by Crippen LogP contribution is -2.57. The Kier molecular flexibility index (Phi) is 4.35. The number of aliphatic hydroxyl groups is 1. The Morgan fingerprint density at radius 3 is 2.92 bits per heavy atom. The molecule has 2 aromatic rings. The van der Waals surface area contributed by atoms with E-state index in [0.717, 1.165) is 0 Å². The molecule has 2 amide bonds. The first-order valence-corrected chi connectivity index (χ1v) is 7.85. The van der Waals surface area contributed by atoms with Crippen LogP contribution in [-0.4, -0.2) is 52.5 Å². The standard InChI is InChI=1S/C17H19N3O4/c1-10-9-14(22)11-3-2-4-12(15(11)19-10)17(24)20-7-6-18-16(23)13(20)5-8-21/h2-4,9,13,21H,5-8H2,1H3,(H,18,23)(H,19,22). The summed E-state index contributed by atoms with van der Waals surface area (Å²) in [6.07, 6.45) is 0.178. The van der Waals surface area contributed by atoms with Crippen LogP contribution >= 0.6 is 0 Å². The van der Waals surface area contributed by atoms with E-state index < -0.39 is 6.04 Å². The zero-order valence-electron chi connectivity index (χ0n) is 13.3. The fourth-order valence-electron chi connectivity index (χ4n) is 3.10. The molecule has 0 spiro atoms. The molecule has 1 aromatic heterocycles. The quantitative estimate of drug-likeness (QED) is 0.746. The van der Waals surface area contributed by atoms with Gasteiger partial charge in [0, 0.05) is 36.8 Å². The van der Waals surface area contributed by atoms with E-state index in [1.807, 2.05) is 0 Å². The number of hydrogen-bond donors (Lipinski definition) is 3. The van der Waals surface area contributed by atoms with Crippen LogP contribution in [0.15, 0.2) is 29.1 Å². The molecule has 24 heavy (non-hydrogen) atoms. The number of aliphatic hydroxyl groups excluding tert-OH is 1. The number of fused-ring (bicyclic) bond motifs is 1. The molecular weight excluding hydrogens is 310 g/mol. The van der Waals surface area contributed by atoms with Gasteiger partial charge in [0.25, 0.3) is 5.91 Å². The molecule has 7 nitrogen and oxygen atoms in total. The van der Waals surface area contributed by atoms with Crippen molar-refractivity contribution in [1.82, 2.24) is 15.2 Å². The van der Waals surface area contributed by atoms with Crippen LogP contribution in [0.4, 0.5) is 0 Å². The van der Waals surface area contributed by atoms with E-state index in [1.54, 1.807) is 25.1 Å². The summed E-state index contributed by atoms with van der Waals surface area (Å²) in [5.41, 5.74) is 1.34. The van der Waals surface area contributed by atoms with E-state index in [9.17, 15) is 19.5 Å². The SMILES string of the molecule is Cc1cc(=O)c2cccc(C(=O)N3CCNC(=O)C3CCO)c2[nH]1. The molecule has 2 heterocycles. The lowest BCUT2D eigenvalue weighted by molar-refractivity contribution is -0.128. The normalized spacial score (nSPS) is 17.8. The molecule has 3 N–H and O–H groups in total. The van der Waals surface area contributed by atoms with Gasteiger partial charge < -0.3 is 20.3 Å². The highest BCUT2D eigenvalue weighted by Gasteiger charge is 2.33. The van der Waals surface area contributed by atoms with Crippen molar-refractivity contribution in [3.63, 3.8) is 0 Å². The largest absolute Gasteiger partial charge is 0.396 e. The predicted octanol–water partition coefficient (Wildman–Crippen LogP) is 0.160. The zero-order chi connectivity index (χ0) is 17.3. The monoisotopic (exact) mass is 329 g/mol. The van der Waals surface area contributed by atoms with Crippen molar-refractivity contribution >= 4 is 22.7 Å². The van der Waals surface area contributed by atoms with Gasteiger partial charge >= 0.3 is 0 Å². The summed E-state index contributed by atoms with van der Waals surface area (Å²) in [5, 5.41) is 12.3. The van der Waals surface area contributed by atoms with Gasteiger partial charge in [-0.15, -0.1) is 0 Å². The number of aromatic amines is 1. The Bertz CT molecular complexity index is 859. The fourth-order valence-corrected chi connectivity index (χ4v) is 3.10. The number of aryl methyl sites for hydroxylation is 1. The van der Waals surface area contributed by atoms with Gasteiger partial charge in [-0.25, -0.2) is 0 Å². The van der Waals surface area contributed by atoms with Crippen LogP contribution in [0, 0.1) is 6.92 Å². The first-order chi connectivity index (χ1) is 11.5. The van der Waals surface area contributed by atoms with Crippen LogP contribution < -0.4 is 10.7 Å². The van der Waals surface area contributed by atoms with E-state index in [-0.39, 0.29) is 30.3 Å². The molecule has 1 atom stereocenters. The molecule has 1 aliphatic heterocycles. The van der Waals surface area contributed by atoms with Crippen molar-refractivity contribution in [1.29, 1.82) is 0 Å². The van der Waals surface area contributed by atoms with E-state index in [4.69, 9.17) is 0 Å². The van der Waals surface area contributed by atoms with Gasteiger partial charge in [-0.1, -0.05) is 6.07 Å². The lowest BCUT2D eigenvalue weighted by Gasteiger charge is -2.35. The second-order valence-electron chi connectivity index (χ2n) is 5.86. The molecule has 1 aromatic carbocycles. The minimum atomic E-state index is -0.706. The second kappa shape index (κ2) is 6.45. The van der Waals surface area contributed by atoms with Crippen LogP contribution in [0.2, 0.25) is 0 Å². The Labute approximate surface area is 138 Å². The maximum absolute atomic E-state index is 13.0. The van der Waals surface area contributed by atoms with Crippen LogP contribution in [0.5, 0.6) is 0 Å². The first kappa shape index (κ1) is 16.2. The van der Waals surface area contributed by atoms with Crippen molar-refractivity contribution in [2.45, 2.75) is 19.4 Å². The molecule has 1 saturated heterocycles. The average molecular weight is 329 g/mol. The summed E-state index contributed by atoms with van der Waals surface area (Å²) in [7, 11) is 0. The zero-order valence-corrected chi connectivity index (χ0v) is 13.3. The predicted molar refractivity (Wildman–Crippen MR) is 88.8 cm³/mol. The number of carbonyl (C=O) groups excluding carboxylic acids is 2. The fraction of sp³-hybridized carbons (Fsp3) is 0.353. The minimum Gasteiger partial charge on any atom is -0.396 e. The maximum Gasteiger partial charge on any atom is 0.256 e. The second-order valence-corrected chi connectivity index (χ2v) is 5.86. The number of nitrogens with zero attached hydrogens (tertiary/aromatic N) is 1. The van der Waals surface area contributed by atoms with E-state index in [2.05, 4.69) is 10.3 Å². The molecule has 1 fully saturated rings. The van der Waals surface area contributed by atoms with E-state index in [0.29, 0.717) is 35.2 Å². The molecular formula is C17H19N3O4. The summed E-state index contributed by atoms with van der Waals surface area (Å²) < 4.78 is 0. The first-order valence-electron chi connectivity index (χ1n) is 7.85. The van der Waals surface area contributed by atoms with E-state index in [1.165, 1.54) is 11.0 Å². The Balaban J connectivity index is 2.08. The van der Waals surface area contributed by atoms with Gasteiger partial charge in [0.2, 0.25) is 5.91 Å². The number of amides is 2. The van der Waals surface area contributed by atoms with Gasteiger partial charge in [0.1, 0.15) is 6.04 Å². The highest BCUT2D eigenvalue weighted by molar-refractivity contribution is 6.07. The average Bonchev–Trinajstić information content (AvgIpc) is 2.55. The third kappa shape index (κ3) is 2.78. The number of rotatable bonds is 3. The van der Waals surface area contributed by atoms with E-state index >= 15 is 0 Å². The van der Waals surface area contributed by atoms with Crippen LogP contribution in [0.25, 0.3) is 10.9 Å². The number of pyridine rings is 1. The van der Waals surface area contributed by atoms with Gasteiger partial charge in [-0.2, -0.15) is 0 Å². The van der Waals surface area contributed by atoms with Gasteiger partial charge in [-0.05, 0) is 25.5 Å². The Hall–Kier alpha value is -2.67. The summed E-state index contributed by atoms with van der Waals surface area (Å²) in [4.78, 5) is 41.7. The minimum absolute atomic E-state index is 0.154. The number of H-pyrrole nitrogens is 1. The van der Waals surface area contributed by atoms with Crippen LogP contribution in [0.1, 0.15) is 22.5 Å². The number of para-hydroxylation sites is 1.